The van der Waals surface area contributed by atoms with Gasteiger partial charge in [0.15, 0.2) is 0 Å². The van der Waals surface area contributed by atoms with Gasteiger partial charge in [-0.1, -0.05) is 24.3 Å². The Bertz CT molecular complexity index is 946. The number of phenols is 1. The van der Waals surface area contributed by atoms with Crippen LogP contribution in [-0.4, -0.2) is 72.0 Å². The van der Waals surface area contributed by atoms with Gasteiger partial charge in [0.05, 0.1) is 18.2 Å². The first-order chi connectivity index (χ1) is 15.0. The lowest BCUT2D eigenvalue weighted by atomic mass is 10.1. The second-order valence-electron chi connectivity index (χ2n) is 7.97. The molecule has 2 aliphatic heterocycles. The van der Waals surface area contributed by atoms with Crippen molar-refractivity contribution in [3.63, 3.8) is 0 Å². The molecule has 2 aromatic carbocycles. The summed E-state index contributed by atoms with van der Waals surface area (Å²) in [6.07, 6.45) is 0.0950. The molecule has 2 amide bonds. The van der Waals surface area contributed by atoms with Crippen molar-refractivity contribution in [2.24, 2.45) is 0 Å². The van der Waals surface area contributed by atoms with Gasteiger partial charge in [0, 0.05) is 45.8 Å². The molecule has 2 fully saturated rings. The van der Waals surface area contributed by atoms with Gasteiger partial charge in [-0.05, 0) is 29.8 Å². The maximum Gasteiger partial charge on any atom is 0.237 e. The molecule has 0 aromatic heterocycles. The van der Waals surface area contributed by atoms with Crippen LogP contribution in [0.5, 0.6) is 5.75 Å². The van der Waals surface area contributed by atoms with Gasteiger partial charge in [-0.3, -0.25) is 14.5 Å². The lowest BCUT2D eigenvalue weighted by molar-refractivity contribution is -0.139. The molecule has 1 atom stereocenters. The number of anilines is 1. The van der Waals surface area contributed by atoms with Gasteiger partial charge >= 0.3 is 0 Å². The van der Waals surface area contributed by atoms with Crippen LogP contribution in [-0.2, 0) is 16.1 Å². The van der Waals surface area contributed by atoms with Crippen molar-refractivity contribution in [3.05, 3.63) is 59.9 Å². The van der Waals surface area contributed by atoms with E-state index in [-0.39, 0.29) is 29.8 Å². The fourth-order valence-electron chi connectivity index (χ4n) is 4.27. The number of nitrogens with one attached hydrogen (secondary N) is 1. The Kier molecular flexibility index (Phi) is 6.36. The number of hydrogen-bond acceptors (Lipinski definition) is 5. The molecule has 2 aliphatic rings. The van der Waals surface area contributed by atoms with Crippen LogP contribution < -0.4 is 10.2 Å². The molecular formula is C23H27FN4O3. The van der Waals surface area contributed by atoms with Crippen molar-refractivity contribution in [3.8, 4) is 5.75 Å². The van der Waals surface area contributed by atoms with Crippen LogP contribution in [0.1, 0.15) is 12.0 Å². The zero-order valence-electron chi connectivity index (χ0n) is 17.3. The smallest absolute Gasteiger partial charge is 0.237 e. The molecular weight excluding hydrogens is 399 g/mol. The number of phenolic OH excluding ortho intramolecular Hbond substituents is 1. The van der Waals surface area contributed by atoms with Gasteiger partial charge in [-0.25, -0.2) is 4.39 Å². The van der Waals surface area contributed by atoms with E-state index < -0.39 is 6.04 Å². The number of aromatic hydroxyl groups is 1. The summed E-state index contributed by atoms with van der Waals surface area (Å²) in [6.45, 7) is 3.85. The largest absolute Gasteiger partial charge is 0.506 e. The minimum absolute atomic E-state index is 0.0665. The number of piperazine rings is 2. The first kappa shape index (κ1) is 21.1. The third-order valence-corrected chi connectivity index (χ3v) is 5.94. The van der Waals surface area contributed by atoms with Gasteiger partial charge in [-0.15, -0.1) is 0 Å². The molecule has 2 N–H and O–H groups in total. The number of para-hydroxylation sites is 2. The number of amides is 2. The Morgan fingerprint density at radius 2 is 1.84 bits per heavy atom. The minimum atomic E-state index is -0.569. The Balaban J connectivity index is 1.37. The SMILES string of the molecule is O=C1NCCN(Cc2cccc(F)c2)C1CC(=O)N1CCN(c2ccccc2O)CC1. The molecule has 2 saturated heterocycles. The zero-order chi connectivity index (χ0) is 21.8. The summed E-state index contributed by atoms with van der Waals surface area (Å²) in [4.78, 5) is 31.3. The predicted molar refractivity (Wildman–Crippen MR) is 115 cm³/mol. The van der Waals surface area contributed by atoms with E-state index in [1.807, 2.05) is 23.1 Å². The molecule has 0 saturated carbocycles. The van der Waals surface area contributed by atoms with Crippen molar-refractivity contribution in [1.29, 1.82) is 0 Å². The second-order valence-corrected chi connectivity index (χ2v) is 7.97. The molecule has 1 unspecified atom stereocenters. The van der Waals surface area contributed by atoms with Gasteiger partial charge in [-0.2, -0.15) is 0 Å². The summed E-state index contributed by atoms with van der Waals surface area (Å²) in [5.41, 5.74) is 1.55. The van der Waals surface area contributed by atoms with E-state index in [4.69, 9.17) is 0 Å². The van der Waals surface area contributed by atoms with Crippen LogP contribution in [0.2, 0.25) is 0 Å². The summed E-state index contributed by atoms with van der Waals surface area (Å²) >= 11 is 0. The molecule has 4 rings (SSSR count). The van der Waals surface area contributed by atoms with Crippen LogP contribution in [0.15, 0.2) is 48.5 Å². The van der Waals surface area contributed by atoms with Gasteiger partial charge in [0.2, 0.25) is 11.8 Å². The molecule has 2 heterocycles. The highest BCUT2D eigenvalue weighted by atomic mass is 19.1. The zero-order valence-corrected chi connectivity index (χ0v) is 17.3. The maximum absolute atomic E-state index is 13.5. The van der Waals surface area contributed by atoms with Crippen LogP contribution >= 0.6 is 0 Å². The van der Waals surface area contributed by atoms with Crippen LogP contribution in [0.4, 0.5) is 10.1 Å². The molecule has 31 heavy (non-hydrogen) atoms. The number of carbonyl (C=O) groups is 2. The number of halogens is 1. The minimum Gasteiger partial charge on any atom is -0.506 e. The summed E-state index contributed by atoms with van der Waals surface area (Å²) < 4.78 is 13.5. The van der Waals surface area contributed by atoms with Crippen molar-refractivity contribution < 1.29 is 19.1 Å². The second kappa shape index (κ2) is 9.34. The standard InChI is InChI=1S/C23H27FN4O3/c24-18-5-3-4-17(14-18)16-28-9-8-25-23(31)20(28)15-22(30)27-12-10-26(11-13-27)19-6-1-2-7-21(19)29/h1-7,14,20,29H,8-13,15-16H2,(H,25,31). The number of hydrogen-bond donors (Lipinski definition) is 2. The van der Waals surface area contributed by atoms with E-state index in [1.165, 1.54) is 12.1 Å². The normalized spacial score (nSPS) is 19.9. The van der Waals surface area contributed by atoms with Gasteiger partial charge in [0.1, 0.15) is 11.6 Å². The molecule has 0 radical (unpaired) electrons. The van der Waals surface area contributed by atoms with Crippen molar-refractivity contribution in [1.82, 2.24) is 15.1 Å². The van der Waals surface area contributed by atoms with E-state index in [0.29, 0.717) is 45.8 Å². The first-order valence-electron chi connectivity index (χ1n) is 10.6. The average molecular weight is 426 g/mol. The van der Waals surface area contributed by atoms with E-state index in [1.54, 1.807) is 23.1 Å². The Labute approximate surface area is 181 Å². The van der Waals surface area contributed by atoms with Crippen LogP contribution in [0.3, 0.4) is 0 Å². The van der Waals surface area contributed by atoms with Crippen molar-refractivity contribution in [2.45, 2.75) is 19.0 Å². The lowest BCUT2D eigenvalue weighted by Gasteiger charge is -2.39. The van der Waals surface area contributed by atoms with Crippen molar-refractivity contribution in [2.75, 3.05) is 44.2 Å². The Hall–Kier alpha value is -3.13. The number of rotatable bonds is 5. The average Bonchev–Trinajstić information content (AvgIpc) is 2.76. The summed E-state index contributed by atoms with van der Waals surface area (Å²) in [5, 5.41) is 12.9. The molecule has 7 nitrogen and oxygen atoms in total. The summed E-state index contributed by atoms with van der Waals surface area (Å²) in [5.74, 6) is -0.310. The fourth-order valence-corrected chi connectivity index (χ4v) is 4.27. The molecule has 8 heteroatoms. The van der Waals surface area contributed by atoms with E-state index in [9.17, 15) is 19.1 Å². The van der Waals surface area contributed by atoms with Crippen LogP contribution in [0, 0.1) is 5.82 Å². The highest BCUT2D eigenvalue weighted by Crippen LogP contribution is 2.27. The van der Waals surface area contributed by atoms with Crippen molar-refractivity contribution >= 4 is 17.5 Å². The van der Waals surface area contributed by atoms with Gasteiger partial charge in [0.25, 0.3) is 0 Å². The number of nitrogens with zero attached hydrogens (tertiary/aromatic N) is 3. The first-order valence-corrected chi connectivity index (χ1v) is 10.6. The molecule has 0 spiro atoms. The van der Waals surface area contributed by atoms with E-state index in [0.717, 1.165) is 11.3 Å². The fraction of sp³-hybridized carbons (Fsp3) is 0.391. The predicted octanol–water partition coefficient (Wildman–Crippen LogP) is 1.57. The maximum atomic E-state index is 13.5. The van der Waals surface area contributed by atoms with E-state index >= 15 is 0 Å². The third-order valence-electron chi connectivity index (χ3n) is 5.94. The molecule has 0 aliphatic carbocycles. The highest BCUT2D eigenvalue weighted by molar-refractivity contribution is 5.89. The number of carbonyl (C=O) groups excluding carboxylic acids is 2. The topological polar surface area (TPSA) is 76.1 Å². The monoisotopic (exact) mass is 426 g/mol. The van der Waals surface area contributed by atoms with Gasteiger partial charge < -0.3 is 20.2 Å². The molecule has 2 aromatic rings. The Morgan fingerprint density at radius 3 is 2.58 bits per heavy atom. The quantitative estimate of drug-likeness (QED) is 0.759. The Morgan fingerprint density at radius 1 is 1.06 bits per heavy atom. The summed E-state index contributed by atoms with van der Waals surface area (Å²) in [6, 6.07) is 12.9. The molecule has 164 valence electrons. The highest BCUT2D eigenvalue weighted by Gasteiger charge is 2.33. The van der Waals surface area contributed by atoms with Crippen LogP contribution in [0.25, 0.3) is 0 Å². The molecule has 0 bridgehead atoms. The summed E-state index contributed by atoms with van der Waals surface area (Å²) in [7, 11) is 0. The lowest BCUT2D eigenvalue weighted by Crippen LogP contribution is -2.57. The van der Waals surface area contributed by atoms with E-state index in [2.05, 4.69) is 10.2 Å². The number of benzene rings is 2. The third kappa shape index (κ3) is 4.96.